The van der Waals surface area contributed by atoms with Crippen molar-refractivity contribution < 1.29 is 14.3 Å². The summed E-state index contributed by atoms with van der Waals surface area (Å²) in [5, 5.41) is 0. The summed E-state index contributed by atoms with van der Waals surface area (Å²) in [5.74, 6) is 0.574. The first-order valence-corrected chi connectivity index (χ1v) is 6.39. The first-order valence-electron chi connectivity index (χ1n) is 6.39. The molecular formula is C16H22O3. The van der Waals surface area contributed by atoms with E-state index in [0.717, 1.165) is 23.1 Å². The van der Waals surface area contributed by atoms with E-state index < -0.39 is 0 Å². The lowest BCUT2D eigenvalue weighted by molar-refractivity contribution is -0.115. The van der Waals surface area contributed by atoms with Crippen LogP contribution in [0.3, 0.4) is 0 Å². The van der Waals surface area contributed by atoms with E-state index in [1.54, 1.807) is 0 Å². The molecule has 3 nitrogen and oxygen atoms in total. The van der Waals surface area contributed by atoms with Crippen LogP contribution >= 0.6 is 0 Å². The van der Waals surface area contributed by atoms with Gasteiger partial charge in [0.25, 0.3) is 0 Å². The minimum absolute atomic E-state index is 0.107. The quantitative estimate of drug-likeness (QED) is 0.709. The van der Waals surface area contributed by atoms with Crippen molar-refractivity contribution >= 4 is 5.78 Å². The maximum absolute atomic E-state index is 12.4. The molecule has 1 rings (SSSR count). The lowest BCUT2D eigenvalue weighted by Gasteiger charge is -2.22. The Bertz CT molecular complexity index is 490. The number of Topliss-reactive ketones (excluding diaryl/α,β-unsaturated/α-hetero) is 1. The molecule has 0 fully saturated rings. The van der Waals surface area contributed by atoms with Gasteiger partial charge in [0.1, 0.15) is 0 Å². The molecule has 1 aliphatic carbocycles. The van der Waals surface area contributed by atoms with Gasteiger partial charge >= 0.3 is 0 Å². The molecule has 19 heavy (non-hydrogen) atoms. The van der Waals surface area contributed by atoms with Gasteiger partial charge in [-0.3, -0.25) is 4.79 Å². The van der Waals surface area contributed by atoms with Crippen molar-refractivity contribution in [3.63, 3.8) is 0 Å². The van der Waals surface area contributed by atoms with Crippen LogP contribution in [0.1, 0.15) is 33.6 Å². The van der Waals surface area contributed by atoms with Crippen LogP contribution in [-0.4, -0.2) is 20.0 Å². The molecule has 1 aliphatic rings. The van der Waals surface area contributed by atoms with E-state index in [1.807, 2.05) is 6.92 Å². The third kappa shape index (κ3) is 2.98. The summed E-state index contributed by atoms with van der Waals surface area (Å²) in [4.78, 5) is 12.4. The fraction of sp³-hybridized carbons (Fsp3) is 0.438. The monoisotopic (exact) mass is 262 g/mol. The highest BCUT2D eigenvalue weighted by Gasteiger charge is 2.30. The number of methoxy groups -OCH3 is 2. The van der Waals surface area contributed by atoms with Gasteiger partial charge in [0, 0.05) is 11.1 Å². The zero-order chi connectivity index (χ0) is 14.6. The number of allylic oxidation sites excluding steroid dienone is 4. The van der Waals surface area contributed by atoms with Crippen molar-refractivity contribution in [3.05, 3.63) is 46.5 Å². The molecule has 104 valence electrons. The van der Waals surface area contributed by atoms with Crippen LogP contribution in [0.5, 0.6) is 0 Å². The maximum atomic E-state index is 12.4. The molecule has 0 unspecified atom stereocenters. The van der Waals surface area contributed by atoms with E-state index in [2.05, 4.69) is 26.5 Å². The van der Waals surface area contributed by atoms with Gasteiger partial charge in [0.2, 0.25) is 11.5 Å². The lowest BCUT2D eigenvalue weighted by atomic mass is 9.88. The normalized spacial score (nSPS) is 17.2. The third-order valence-electron chi connectivity index (χ3n) is 3.49. The zero-order valence-electron chi connectivity index (χ0n) is 12.4. The number of rotatable bonds is 5. The van der Waals surface area contributed by atoms with Gasteiger partial charge in [-0.15, -0.1) is 0 Å². The van der Waals surface area contributed by atoms with Crippen molar-refractivity contribution in [3.8, 4) is 0 Å². The summed E-state index contributed by atoms with van der Waals surface area (Å²) in [6.07, 6.45) is 3.67. The molecule has 0 spiro atoms. The van der Waals surface area contributed by atoms with Gasteiger partial charge in [0.05, 0.1) is 14.2 Å². The largest absolute Gasteiger partial charge is 0.492 e. The fourth-order valence-corrected chi connectivity index (χ4v) is 1.97. The first-order chi connectivity index (χ1) is 8.97. The Balaban J connectivity index is 3.17. The van der Waals surface area contributed by atoms with Crippen molar-refractivity contribution in [1.29, 1.82) is 0 Å². The molecule has 0 radical (unpaired) electrons. The summed E-state index contributed by atoms with van der Waals surface area (Å²) in [6, 6.07) is 0. The summed E-state index contributed by atoms with van der Waals surface area (Å²) >= 11 is 0. The topological polar surface area (TPSA) is 35.5 Å². The van der Waals surface area contributed by atoms with E-state index in [1.165, 1.54) is 19.8 Å². The average molecular weight is 262 g/mol. The van der Waals surface area contributed by atoms with Crippen molar-refractivity contribution in [2.45, 2.75) is 33.6 Å². The van der Waals surface area contributed by atoms with E-state index in [0.29, 0.717) is 12.2 Å². The van der Waals surface area contributed by atoms with E-state index in [9.17, 15) is 4.79 Å². The molecule has 0 aromatic rings. The van der Waals surface area contributed by atoms with Gasteiger partial charge in [-0.2, -0.15) is 0 Å². The number of ketones is 1. The first kappa shape index (κ1) is 15.3. The molecule has 0 aliphatic heterocycles. The fourth-order valence-electron chi connectivity index (χ4n) is 1.97. The van der Waals surface area contributed by atoms with E-state index >= 15 is 0 Å². The van der Waals surface area contributed by atoms with Gasteiger partial charge < -0.3 is 9.47 Å². The van der Waals surface area contributed by atoms with Crippen molar-refractivity contribution in [2.75, 3.05) is 14.2 Å². The lowest BCUT2D eigenvalue weighted by Crippen LogP contribution is -2.19. The van der Waals surface area contributed by atoms with E-state index in [4.69, 9.17) is 9.47 Å². The highest BCUT2D eigenvalue weighted by Crippen LogP contribution is 2.33. The van der Waals surface area contributed by atoms with Crippen LogP contribution in [0.2, 0.25) is 0 Å². The number of hydrogen-bond donors (Lipinski definition) is 0. The molecular weight excluding hydrogens is 240 g/mol. The predicted octanol–water partition coefficient (Wildman–Crippen LogP) is 3.69. The SMILES string of the molecule is C=C1C(C)=C(C/C=C(\C)CC)C(=O)C(OC)=C1OC. The summed E-state index contributed by atoms with van der Waals surface area (Å²) < 4.78 is 10.4. The second kappa shape index (κ2) is 6.41. The van der Waals surface area contributed by atoms with Gasteiger partial charge in [0.15, 0.2) is 5.76 Å². The Labute approximate surface area is 115 Å². The van der Waals surface area contributed by atoms with Crippen molar-refractivity contribution in [1.82, 2.24) is 0 Å². The number of ether oxygens (including phenoxy) is 2. The molecule has 0 amide bonds. The molecule has 0 heterocycles. The highest BCUT2D eigenvalue weighted by atomic mass is 16.5. The van der Waals surface area contributed by atoms with Crippen LogP contribution in [0.15, 0.2) is 46.5 Å². The highest BCUT2D eigenvalue weighted by molar-refractivity contribution is 6.10. The zero-order valence-corrected chi connectivity index (χ0v) is 12.4. The van der Waals surface area contributed by atoms with Gasteiger partial charge in [-0.1, -0.05) is 25.2 Å². The molecule has 0 saturated carbocycles. The second-order valence-electron chi connectivity index (χ2n) is 4.59. The molecule has 0 saturated heterocycles. The predicted molar refractivity (Wildman–Crippen MR) is 76.6 cm³/mol. The Kier molecular flexibility index (Phi) is 5.16. The number of carbonyl (C=O) groups is 1. The third-order valence-corrected chi connectivity index (χ3v) is 3.49. The summed E-state index contributed by atoms with van der Waals surface area (Å²) in [7, 11) is 3.00. The van der Waals surface area contributed by atoms with Crippen LogP contribution in [0, 0.1) is 0 Å². The van der Waals surface area contributed by atoms with Gasteiger partial charge in [-0.25, -0.2) is 0 Å². The Hall–Kier alpha value is -1.77. The van der Waals surface area contributed by atoms with Crippen LogP contribution in [0.4, 0.5) is 0 Å². The Morgan fingerprint density at radius 3 is 2.32 bits per heavy atom. The molecule has 0 N–H and O–H groups in total. The molecule has 0 bridgehead atoms. The Morgan fingerprint density at radius 1 is 1.26 bits per heavy atom. The molecule has 3 heteroatoms. The van der Waals surface area contributed by atoms with Crippen LogP contribution < -0.4 is 0 Å². The minimum Gasteiger partial charge on any atom is -0.492 e. The molecule has 0 aromatic heterocycles. The van der Waals surface area contributed by atoms with Crippen LogP contribution in [-0.2, 0) is 14.3 Å². The Morgan fingerprint density at radius 2 is 1.84 bits per heavy atom. The standard InChI is InChI=1S/C16H22O3/c1-7-10(2)8-9-13-11(3)12(4)15(18-5)16(19-6)14(13)17/h8H,4,7,9H2,1-3,5-6H3/b10-8+. The number of carbonyl (C=O) groups excluding carboxylic acids is 1. The minimum atomic E-state index is -0.107. The molecule has 0 atom stereocenters. The van der Waals surface area contributed by atoms with Crippen molar-refractivity contribution in [2.24, 2.45) is 0 Å². The summed E-state index contributed by atoms with van der Waals surface area (Å²) in [5.41, 5.74) is 3.59. The van der Waals surface area contributed by atoms with Crippen LogP contribution in [0.25, 0.3) is 0 Å². The maximum Gasteiger partial charge on any atom is 0.228 e. The second-order valence-corrected chi connectivity index (χ2v) is 4.59. The number of hydrogen-bond acceptors (Lipinski definition) is 3. The molecule has 0 aromatic carbocycles. The van der Waals surface area contributed by atoms with E-state index in [-0.39, 0.29) is 11.5 Å². The average Bonchev–Trinajstić information content (AvgIpc) is 2.41. The smallest absolute Gasteiger partial charge is 0.228 e. The van der Waals surface area contributed by atoms with Gasteiger partial charge in [-0.05, 0) is 32.3 Å². The summed E-state index contributed by atoms with van der Waals surface area (Å²) in [6.45, 7) is 10.0.